The summed E-state index contributed by atoms with van der Waals surface area (Å²) in [5, 5.41) is 8.29. The van der Waals surface area contributed by atoms with Crippen molar-refractivity contribution in [2.75, 3.05) is 271 Å². The minimum absolute atomic E-state index is 0.0433. The summed E-state index contributed by atoms with van der Waals surface area (Å²) in [7, 11) is 1.65. The number of esters is 1. The van der Waals surface area contributed by atoms with Gasteiger partial charge in [-0.1, -0.05) is 5.21 Å². The molecule has 1 saturated heterocycles. The number of carbonyl (C=O) groups excluding carboxylic acids is 1. The van der Waals surface area contributed by atoms with Crippen molar-refractivity contribution in [3.8, 4) is 17.2 Å². The van der Waals surface area contributed by atoms with Crippen molar-refractivity contribution in [2.45, 2.75) is 19.6 Å². The summed E-state index contributed by atoms with van der Waals surface area (Å²) in [4.78, 5) is 16.6. The van der Waals surface area contributed by atoms with Crippen LogP contribution in [0.1, 0.15) is 12.1 Å². The molecule has 2 heterocycles. The van der Waals surface area contributed by atoms with E-state index in [9.17, 15) is 18.0 Å². The monoisotopic (exact) mass is 1270 g/mol. The Bertz CT molecular complexity index is 2070. The summed E-state index contributed by atoms with van der Waals surface area (Å²) in [5.74, 6) is -3.97. The highest BCUT2D eigenvalue weighted by atomic mass is 19.1. The molecule has 1 aliphatic rings. The molecule has 0 saturated carbocycles. The predicted octanol–water partition coefficient (Wildman–Crippen LogP) is 3.18. The first-order valence-electron chi connectivity index (χ1n) is 30.2. The van der Waals surface area contributed by atoms with E-state index in [0.29, 0.717) is 230 Å². The molecule has 3 aromatic rings. The molecule has 2 aromatic carbocycles. The van der Waals surface area contributed by atoms with Gasteiger partial charge in [-0.3, -0.25) is 14.6 Å². The largest absolute Gasteiger partial charge is 0.497 e. The molecule has 88 heavy (non-hydrogen) atoms. The molecule has 29 heteroatoms. The Hall–Kier alpha value is -4.32. The van der Waals surface area contributed by atoms with Crippen LogP contribution in [0.4, 0.5) is 13.2 Å². The van der Waals surface area contributed by atoms with Gasteiger partial charge in [-0.25, -0.2) is 17.9 Å². The van der Waals surface area contributed by atoms with Crippen LogP contribution >= 0.6 is 0 Å². The van der Waals surface area contributed by atoms with Crippen molar-refractivity contribution in [3.05, 3.63) is 65.7 Å². The van der Waals surface area contributed by atoms with E-state index in [1.54, 1.807) is 11.8 Å². The van der Waals surface area contributed by atoms with Crippen molar-refractivity contribution in [2.24, 2.45) is 0 Å². The van der Waals surface area contributed by atoms with E-state index in [1.165, 1.54) is 0 Å². The maximum absolute atomic E-state index is 13.6. The second-order valence-electron chi connectivity index (χ2n) is 19.0. The Morgan fingerprint density at radius 3 is 1.10 bits per heavy atom. The minimum atomic E-state index is -1.30. The molecule has 1 aliphatic heterocycles. The lowest BCUT2D eigenvalue weighted by atomic mass is 10.3. The lowest BCUT2D eigenvalue weighted by Gasteiger charge is -2.34. The van der Waals surface area contributed by atoms with Gasteiger partial charge >= 0.3 is 5.97 Å². The van der Waals surface area contributed by atoms with Gasteiger partial charge in [0.2, 0.25) is 5.75 Å². The highest BCUT2D eigenvalue weighted by Crippen LogP contribution is 2.23. The number of hydrogen-bond donors (Lipinski definition) is 0. The molecule has 0 spiro atoms. The number of rotatable bonds is 62. The van der Waals surface area contributed by atoms with Gasteiger partial charge in [0.1, 0.15) is 29.6 Å². The summed E-state index contributed by atoms with van der Waals surface area (Å²) >= 11 is 0. The van der Waals surface area contributed by atoms with Gasteiger partial charge in [-0.2, -0.15) is 0 Å². The van der Waals surface area contributed by atoms with E-state index >= 15 is 0 Å². The number of benzene rings is 2. The van der Waals surface area contributed by atoms with E-state index in [1.807, 2.05) is 30.5 Å². The fourth-order valence-electron chi connectivity index (χ4n) is 7.59. The molecule has 0 unspecified atom stereocenters. The van der Waals surface area contributed by atoms with Crippen LogP contribution in [0.5, 0.6) is 17.2 Å². The van der Waals surface area contributed by atoms with Crippen molar-refractivity contribution in [3.63, 3.8) is 0 Å². The van der Waals surface area contributed by atoms with Gasteiger partial charge in [0, 0.05) is 51.4 Å². The molecule has 26 nitrogen and oxygen atoms in total. The Labute approximate surface area is 515 Å². The lowest BCUT2D eigenvalue weighted by Crippen LogP contribution is -2.48. The van der Waals surface area contributed by atoms with Crippen molar-refractivity contribution in [1.29, 1.82) is 0 Å². The van der Waals surface area contributed by atoms with Crippen LogP contribution in [0.3, 0.4) is 0 Å². The molecule has 504 valence electrons. The zero-order valence-corrected chi connectivity index (χ0v) is 51.4. The molecule has 0 aliphatic carbocycles. The van der Waals surface area contributed by atoms with Crippen LogP contribution < -0.4 is 14.2 Å². The summed E-state index contributed by atoms with van der Waals surface area (Å²) in [6, 6.07) is 8.40. The second-order valence-corrected chi connectivity index (χ2v) is 19.0. The molecule has 0 radical (unpaired) electrons. The fraction of sp³-hybridized carbons (Fsp3) is 0.746. The van der Waals surface area contributed by atoms with Crippen LogP contribution in [0.2, 0.25) is 0 Å². The summed E-state index contributed by atoms with van der Waals surface area (Å²) in [6.07, 6.45) is 1.59. The number of nitrogens with zero attached hydrogens (tertiary/aromatic N) is 5. The number of aromatic nitrogens is 3. The first-order chi connectivity index (χ1) is 43.4. The van der Waals surface area contributed by atoms with E-state index in [0.717, 1.165) is 56.5 Å². The van der Waals surface area contributed by atoms with Gasteiger partial charge in [-0.05, 0) is 24.3 Å². The van der Waals surface area contributed by atoms with Crippen LogP contribution in [-0.4, -0.2) is 302 Å². The van der Waals surface area contributed by atoms with Crippen LogP contribution in [0.25, 0.3) is 0 Å². The lowest BCUT2D eigenvalue weighted by molar-refractivity contribution is -0.136. The topological polar surface area (TPSA) is 239 Å². The van der Waals surface area contributed by atoms with Gasteiger partial charge in [0.15, 0.2) is 11.6 Å². The first-order valence-corrected chi connectivity index (χ1v) is 30.2. The summed E-state index contributed by atoms with van der Waals surface area (Å²) in [5.41, 5.74) is 0.738. The molecule has 1 aromatic heterocycles. The maximum Gasteiger partial charge on any atom is 0.313 e. The van der Waals surface area contributed by atoms with Crippen LogP contribution in [0, 0.1) is 17.5 Å². The Morgan fingerprint density at radius 2 is 0.727 bits per heavy atom. The third-order valence-electron chi connectivity index (χ3n) is 12.3. The normalized spacial score (nSPS) is 13.0. The standard InChI is InChI=1S/C59H96F3N5O21/c1-69-54-2-4-55(5-3-54)87-47-46-72-16-12-66-9-7-65(8-10-66)11-15-71-19-22-75-42-43-85-44-45-86-51-53-50-67(64-63-53)13-17-73-20-23-76-25-27-78-29-31-80-33-35-82-37-39-84-41-40-83-38-36-81-34-32-79-30-28-77-26-24-74-21-18-70-14-6-58(68)88-59-56(61)48-52(60)49-57(59)62/h2-5,48-50H,6-47,51H2,1H3. The number of hydrogen-bond acceptors (Lipinski definition) is 25. The second kappa shape index (κ2) is 54.4. The molecule has 1 fully saturated rings. The Kier molecular flexibility index (Phi) is 47.1. The molecular formula is C59H96F3N5O21. The molecule has 4 rings (SSSR count). The third-order valence-corrected chi connectivity index (χ3v) is 12.3. The molecule has 0 N–H and O–H groups in total. The number of carbonyl (C=O) groups is 1. The molecular weight excluding hydrogens is 1170 g/mol. The van der Waals surface area contributed by atoms with E-state index in [2.05, 4.69) is 24.8 Å². The zero-order chi connectivity index (χ0) is 62.3. The summed E-state index contributed by atoms with van der Waals surface area (Å²) in [6.45, 7) is 21.9. The fourth-order valence-corrected chi connectivity index (χ4v) is 7.59. The number of methoxy groups -OCH3 is 1. The Morgan fingerprint density at radius 1 is 0.409 bits per heavy atom. The maximum atomic E-state index is 13.6. The predicted molar refractivity (Wildman–Crippen MR) is 311 cm³/mol. The average molecular weight is 1270 g/mol. The minimum Gasteiger partial charge on any atom is -0.497 e. The highest BCUT2D eigenvalue weighted by molar-refractivity contribution is 5.72. The van der Waals surface area contributed by atoms with E-state index in [-0.39, 0.29) is 26.2 Å². The number of ether oxygens (including phenoxy) is 20. The molecule has 0 bridgehead atoms. The highest BCUT2D eigenvalue weighted by Gasteiger charge is 2.18. The van der Waals surface area contributed by atoms with Crippen LogP contribution in [0.15, 0.2) is 42.6 Å². The van der Waals surface area contributed by atoms with Gasteiger partial charge < -0.3 is 94.7 Å². The van der Waals surface area contributed by atoms with Crippen LogP contribution in [-0.2, 0) is 98.5 Å². The van der Waals surface area contributed by atoms with Gasteiger partial charge in [-0.15, -0.1) is 5.10 Å². The van der Waals surface area contributed by atoms with Crippen molar-refractivity contribution < 1.29 is 113 Å². The zero-order valence-electron chi connectivity index (χ0n) is 51.4. The van der Waals surface area contributed by atoms with Gasteiger partial charge in [0.25, 0.3) is 0 Å². The Balaban J connectivity index is 0.742. The quantitative estimate of drug-likeness (QED) is 0.0448. The molecule has 0 atom stereocenters. The van der Waals surface area contributed by atoms with Crippen molar-refractivity contribution in [1.82, 2.24) is 24.8 Å². The smallest absolute Gasteiger partial charge is 0.313 e. The number of halogens is 3. The summed E-state index contributed by atoms with van der Waals surface area (Å²) < 4.78 is 152. The number of piperazine rings is 1. The van der Waals surface area contributed by atoms with Gasteiger partial charge in [0.05, 0.1) is 251 Å². The average Bonchev–Trinajstić information content (AvgIpc) is 4.17. The van der Waals surface area contributed by atoms with E-state index in [4.69, 9.17) is 90.0 Å². The van der Waals surface area contributed by atoms with E-state index < -0.39 is 29.2 Å². The van der Waals surface area contributed by atoms with Crippen molar-refractivity contribution >= 4 is 5.97 Å². The third kappa shape index (κ3) is 41.9. The SMILES string of the molecule is COc1ccc(OCCOCCN2CCN(CCOCCOCCOCCOCc3cn(CCOCCOCCOCCOCCOCCOCCOCCOCCOCCOCCOCCOCCC(=O)Oc4c(F)cc(F)cc4F)nn3)CC2)cc1. The first kappa shape index (κ1) is 76.1. The molecule has 0 amide bonds.